The molecule has 7 nitrogen and oxygen atoms in total. The molecule has 140 valence electrons. The Hall–Kier alpha value is -2.12. The normalized spacial score (nSPS) is 11.8. The van der Waals surface area contributed by atoms with Crippen LogP contribution in [0.2, 0.25) is 0 Å². The average Bonchev–Trinajstić information content (AvgIpc) is 2.61. The fourth-order valence-electron chi connectivity index (χ4n) is 2.17. The van der Waals surface area contributed by atoms with Crippen LogP contribution in [0.4, 0.5) is 0 Å². The Morgan fingerprint density at radius 2 is 1.96 bits per heavy atom. The highest BCUT2D eigenvalue weighted by molar-refractivity contribution is 5.75. The van der Waals surface area contributed by atoms with Gasteiger partial charge in [0.05, 0.1) is 0 Å². The Balaban J connectivity index is 2.20. The molecule has 0 saturated carbocycles. The Bertz CT molecular complexity index is 533. The van der Waals surface area contributed by atoms with Gasteiger partial charge >= 0.3 is 5.97 Å². The predicted octanol–water partition coefficient (Wildman–Crippen LogP) is 0.902. The first kappa shape index (κ1) is 20.9. The molecule has 0 spiro atoms. The minimum Gasteiger partial charge on any atom is -0.491 e. The summed E-state index contributed by atoms with van der Waals surface area (Å²) in [5, 5.41) is 21.6. The SMILES string of the molecule is CCC(=O)N(C)CCNCC(O)COc1ccc(CCC(=O)O)cc1. The summed E-state index contributed by atoms with van der Waals surface area (Å²) in [5.41, 5.74) is 0.933. The lowest BCUT2D eigenvalue weighted by Gasteiger charge is -2.18. The van der Waals surface area contributed by atoms with E-state index in [-0.39, 0.29) is 18.9 Å². The highest BCUT2D eigenvalue weighted by Gasteiger charge is 2.07. The number of aryl methyl sites for hydroxylation is 1. The first-order valence-electron chi connectivity index (χ1n) is 8.48. The van der Waals surface area contributed by atoms with Crippen molar-refractivity contribution < 1.29 is 24.5 Å². The second-order valence-electron chi connectivity index (χ2n) is 5.88. The lowest BCUT2D eigenvalue weighted by atomic mass is 10.1. The molecule has 0 aliphatic heterocycles. The largest absolute Gasteiger partial charge is 0.491 e. The van der Waals surface area contributed by atoms with Crippen molar-refractivity contribution in [3.05, 3.63) is 29.8 Å². The Labute approximate surface area is 148 Å². The number of carbonyl (C=O) groups excluding carboxylic acids is 1. The zero-order valence-electron chi connectivity index (χ0n) is 14.9. The first-order chi connectivity index (χ1) is 11.9. The molecule has 1 atom stereocenters. The van der Waals surface area contributed by atoms with E-state index in [9.17, 15) is 14.7 Å². The molecule has 0 aromatic heterocycles. The smallest absolute Gasteiger partial charge is 0.303 e. The number of carboxylic acids is 1. The number of nitrogens with zero attached hydrogens (tertiary/aromatic N) is 1. The van der Waals surface area contributed by atoms with Crippen LogP contribution in [0.15, 0.2) is 24.3 Å². The number of aliphatic hydroxyl groups excluding tert-OH is 1. The number of hydrogen-bond acceptors (Lipinski definition) is 5. The van der Waals surface area contributed by atoms with Gasteiger partial charge in [-0.2, -0.15) is 0 Å². The van der Waals surface area contributed by atoms with E-state index in [2.05, 4.69) is 5.32 Å². The van der Waals surface area contributed by atoms with Crippen LogP contribution < -0.4 is 10.1 Å². The van der Waals surface area contributed by atoms with Crippen LogP contribution in [0.25, 0.3) is 0 Å². The van der Waals surface area contributed by atoms with Crippen molar-refractivity contribution in [2.24, 2.45) is 0 Å². The second-order valence-corrected chi connectivity index (χ2v) is 5.88. The number of ether oxygens (including phenoxy) is 1. The molecule has 0 aliphatic rings. The van der Waals surface area contributed by atoms with E-state index in [1.165, 1.54) is 0 Å². The maximum atomic E-state index is 11.4. The predicted molar refractivity (Wildman–Crippen MR) is 94.7 cm³/mol. The number of carboxylic acid groups (broad SMARTS) is 1. The van der Waals surface area contributed by atoms with E-state index in [0.717, 1.165) is 5.56 Å². The topological polar surface area (TPSA) is 99.1 Å². The van der Waals surface area contributed by atoms with Crippen LogP contribution in [-0.4, -0.2) is 66.4 Å². The van der Waals surface area contributed by atoms with Gasteiger partial charge < -0.3 is 25.2 Å². The number of aliphatic hydroxyl groups is 1. The molecule has 25 heavy (non-hydrogen) atoms. The summed E-state index contributed by atoms with van der Waals surface area (Å²) in [5.74, 6) is -0.0925. The number of likely N-dealkylation sites (N-methyl/N-ethyl adjacent to an activating group) is 1. The lowest BCUT2D eigenvalue weighted by molar-refractivity contribution is -0.137. The molecule has 7 heteroatoms. The van der Waals surface area contributed by atoms with Gasteiger partial charge in [0, 0.05) is 39.5 Å². The number of amides is 1. The molecule has 1 aromatic carbocycles. The van der Waals surface area contributed by atoms with Crippen molar-refractivity contribution in [3.8, 4) is 5.75 Å². The quantitative estimate of drug-likeness (QED) is 0.484. The van der Waals surface area contributed by atoms with Gasteiger partial charge in [0.15, 0.2) is 0 Å². The van der Waals surface area contributed by atoms with Crippen molar-refractivity contribution in [2.45, 2.75) is 32.3 Å². The Morgan fingerprint density at radius 1 is 1.28 bits per heavy atom. The van der Waals surface area contributed by atoms with Crippen molar-refractivity contribution in [3.63, 3.8) is 0 Å². The highest BCUT2D eigenvalue weighted by atomic mass is 16.5. The number of hydrogen-bond donors (Lipinski definition) is 3. The monoisotopic (exact) mass is 352 g/mol. The summed E-state index contributed by atoms with van der Waals surface area (Å²) in [6, 6.07) is 7.18. The number of nitrogens with one attached hydrogen (secondary N) is 1. The van der Waals surface area contributed by atoms with Gasteiger partial charge in [0.25, 0.3) is 0 Å². The van der Waals surface area contributed by atoms with Gasteiger partial charge in [-0.15, -0.1) is 0 Å². The van der Waals surface area contributed by atoms with Crippen molar-refractivity contribution in [1.29, 1.82) is 0 Å². The number of rotatable bonds is 12. The average molecular weight is 352 g/mol. The number of aliphatic carboxylic acids is 1. The third-order valence-electron chi connectivity index (χ3n) is 3.73. The minimum absolute atomic E-state index is 0.0949. The summed E-state index contributed by atoms with van der Waals surface area (Å²) in [4.78, 5) is 23.6. The molecule has 0 radical (unpaired) electrons. The van der Waals surface area contributed by atoms with Gasteiger partial charge in [0.1, 0.15) is 18.5 Å². The van der Waals surface area contributed by atoms with Gasteiger partial charge in [-0.1, -0.05) is 19.1 Å². The highest BCUT2D eigenvalue weighted by Crippen LogP contribution is 2.13. The summed E-state index contributed by atoms with van der Waals surface area (Å²) in [7, 11) is 1.76. The molecule has 1 aromatic rings. The van der Waals surface area contributed by atoms with Crippen LogP contribution in [0, 0.1) is 0 Å². The standard InChI is InChI=1S/C18H28N2O5/c1-3-17(22)20(2)11-10-19-12-15(21)13-25-16-7-4-14(5-8-16)6-9-18(23)24/h4-5,7-8,15,19,21H,3,6,9-13H2,1-2H3,(H,23,24). The van der Waals surface area contributed by atoms with E-state index < -0.39 is 12.1 Å². The lowest BCUT2D eigenvalue weighted by Crippen LogP contribution is -2.37. The molecule has 0 bridgehead atoms. The fourth-order valence-corrected chi connectivity index (χ4v) is 2.17. The molecule has 1 amide bonds. The molecule has 1 rings (SSSR count). The van der Waals surface area contributed by atoms with E-state index in [4.69, 9.17) is 9.84 Å². The molecule has 0 fully saturated rings. The minimum atomic E-state index is -0.818. The van der Waals surface area contributed by atoms with Crippen molar-refractivity contribution in [1.82, 2.24) is 10.2 Å². The summed E-state index contributed by atoms with van der Waals surface area (Å²) in [6.07, 6.45) is 0.418. The molecule has 1 unspecified atom stereocenters. The van der Waals surface area contributed by atoms with E-state index in [0.29, 0.717) is 38.2 Å². The molecular weight excluding hydrogens is 324 g/mol. The van der Waals surface area contributed by atoms with Gasteiger partial charge in [-0.25, -0.2) is 0 Å². The number of carbonyl (C=O) groups is 2. The third kappa shape index (κ3) is 9.07. The maximum Gasteiger partial charge on any atom is 0.303 e. The molecule has 3 N–H and O–H groups in total. The molecular formula is C18H28N2O5. The van der Waals surface area contributed by atoms with E-state index in [1.54, 1.807) is 24.1 Å². The third-order valence-corrected chi connectivity index (χ3v) is 3.73. The Morgan fingerprint density at radius 3 is 2.56 bits per heavy atom. The second kappa shape index (κ2) is 11.4. The Kier molecular flexibility index (Phi) is 9.57. The van der Waals surface area contributed by atoms with Crippen LogP contribution in [0.1, 0.15) is 25.3 Å². The zero-order chi connectivity index (χ0) is 18.7. The fraction of sp³-hybridized carbons (Fsp3) is 0.556. The summed E-state index contributed by atoms with van der Waals surface area (Å²) < 4.78 is 5.51. The maximum absolute atomic E-state index is 11.4. The van der Waals surface area contributed by atoms with Crippen molar-refractivity contribution in [2.75, 3.05) is 33.3 Å². The van der Waals surface area contributed by atoms with Crippen LogP contribution in [0.5, 0.6) is 5.75 Å². The first-order valence-corrected chi connectivity index (χ1v) is 8.48. The van der Waals surface area contributed by atoms with Crippen LogP contribution >= 0.6 is 0 Å². The molecule has 0 heterocycles. The van der Waals surface area contributed by atoms with Gasteiger partial charge in [0.2, 0.25) is 5.91 Å². The van der Waals surface area contributed by atoms with Crippen LogP contribution in [-0.2, 0) is 16.0 Å². The number of benzene rings is 1. The van der Waals surface area contributed by atoms with Gasteiger partial charge in [-0.3, -0.25) is 9.59 Å². The molecule has 0 saturated heterocycles. The summed E-state index contributed by atoms with van der Waals surface area (Å²) >= 11 is 0. The summed E-state index contributed by atoms with van der Waals surface area (Å²) in [6.45, 7) is 3.57. The van der Waals surface area contributed by atoms with E-state index in [1.807, 2.05) is 19.1 Å². The van der Waals surface area contributed by atoms with Gasteiger partial charge in [-0.05, 0) is 24.1 Å². The van der Waals surface area contributed by atoms with E-state index >= 15 is 0 Å². The van der Waals surface area contributed by atoms with Crippen molar-refractivity contribution >= 4 is 11.9 Å². The van der Waals surface area contributed by atoms with Crippen LogP contribution in [0.3, 0.4) is 0 Å². The zero-order valence-corrected chi connectivity index (χ0v) is 14.9. The molecule has 0 aliphatic carbocycles.